The quantitative estimate of drug-likeness (QED) is 0.785. The third kappa shape index (κ3) is 4.73. The van der Waals surface area contributed by atoms with Crippen LogP contribution < -0.4 is 0 Å². The molecular formula is C16H15ClOS. The van der Waals surface area contributed by atoms with Crippen LogP contribution in [0.2, 0.25) is 5.02 Å². The molecule has 0 unspecified atom stereocenters. The maximum atomic E-state index is 11.8. The topological polar surface area (TPSA) is 17.1 Å². The lowest BCUT2D eigenvalue weighted by Gasteiger charge is -2.04. The Bertz CT molecular complexity index is 539. The van der Waals surface area contributed by atoms with Crippen LogP contribution in [0, 0.1) is 0 Å². The van der Waals surface area contributed by atoms with E-state index in [2.05, 4.69) is 0 Å². The Balaban J connectivity index is 1.77. The molecule has 2 aromatic carbocycles. The van der Waals surface area contributed by atoms with Crippen LogP contribution in [0.25, 0.3) is 0 Å². The monoisotopic (exact) mass is 290 g/mol. The summed E-state index contributed by atoms with van der Waals surface area (Å²) in [5.41, 5.74) is 2.16. The van der Waals surface area contributed by atoms with Crippen molar-refractivity contribution in [3.8, 4) is 0 Å². The number of hydrogen-bond donors (Lipinski definition) is 0. The van der Waals surface area contributed by atoms with Gasteiger partial charge in [0.1, 0.15) is 5.78 Å². The van der Waals surface area contributed by atoms with E-state index in [9.17, 15) is 4.79 Å². The molecule has 1 nitrogen and oxygen atoms in total. The molecule has 0 bridgehead atoms. The third-order valence-corrected chi connectivity index (χ3v) is 4.13. The minimum atomic E-state index is 0.253. The maximum absolute atomic E-state index is 11.8. The second-order valence-corrected chi connectivity index (χ2v) is 5.68. The molecule has 0 amide bonds. The van der Waals surface area contributed by atoms with Crippen molar-refractivity contribution in [2.45, 2.75) is 12.2 Å². The van der Waals surface area contributed by atoms with E-state index < -0.39 is 0 Å². The molecule has 0 aliphatic carbocycles. The van der Waals surface area contributed by atoms with Crippen molar-refractivity contribution < 1.29 is 4.79 Å². The zero-order chi connectivity index (χ0) is 13.5. The van der Waals surface area contributed by atoms with Gasteiger partial charge in [-0.1, -0.05) is 60.1 Å². The predicted octanol–water partition coefficient (Wildman–Crippen LogP) is 4.39. The molecule has 0 saturated carbocycles. The van der Waals surface area contributed by atoms with Gasteiger partial charge in [-0.25, -0.2) is 0 Å². The Hall–Kier alpha value is -1.25. The van der Waals surface area contributed by atoms with Crippen LogP contribution in [0.4, 0.5) is 0 Å². The summed E-state index contributed by atoms with van der Waals surface area (Å²) in [5.74, 6) is 1.56. The molecule has 0 aliphatic heterocycles. The molecule has 0 N–H and O–H groups in total. The summed E-state index contributed by atoms with van der Waals surface area (Å²) in [6.07, 6.45) is 0.510. The van der Waals surface area contributed by atoms with Gasteiger partial charge in [0.25, 0.3) is 0 Å². The largest absolute Gasteiger partial charge is 0.298 e. The maximum Gasteiger partial charge on any atom is 0.147 e. The first-order chi connectivity index (χ1) is 9.25. The van der Waals surface area contributed by atoms with Crippen molar-refractivity contribution >= 4 is 29.1 Å². The average molecular weight is 291 g/mol. The van der Waals surface area contributed by atoms with Crippen molar-refractivity contribution in [3.05, 3.63) is 70.7 Å². The van der Waals surface area contributed by atoms with Crippen LogP contribution in [0.5, 0.6) is 0 Å². The second kappa shape index (κ2) is 7.37. The Morgan fingerprint density at radius 2 is 1.68 bits per heavy atom. The van der Waals surface area contributed by atoms with Crippen molar-refractivity contribution in [2.24, 2.45) is 0 Å². The van der Waals surface area contributed by atoms with Crippen LogP contribution in [0.15, 0.2) is 54.6 Å². The van der Waals surface area contributed by atoms with E-state index in [1.54, 1.807) is 11.8 Å². The molecule has 0 aromatic heterocycles. The molecule has 19 heavy (non-hydrogen) atoms. The van der Waals surface area contributed by atoms with Gasteiger partial charge in [-0.15, -0.1) is 11.8 Å². The highest BCUT2D eigenvalue weighted by molar-refractivity contribution is 7.99. The van der Waals surface area contributed by atoms with Crippen LogP contribution in [0.1, 0.15) is 11.1 Å². The van der Waals surface area contributed by atoms with E-state index in [1.165, 1.54) is 0 Å². The number of Topliss-reactive ketones (excluding diaryl/α,β-unsaturated/α-hetero) is 1. The highest BCUT2D eigenvalue weighted by Gasteiger charge is 2.05. The fourth-order valence-electron chi connectivity index (χ4n) is 1.76. The first-order valence-corrected chi connectivity index (χ1v) is 7.66. The van der Waals surface area contributed by atoms with Gasteiger partial charge in [0.2, 0.25) is 0 Å². The van der Waals surface area contributed by atoms with Crippen molar-refractivity contribution in [1.29, 1.82) is 0 Å². The number of rotatable bonds is 6. The Morgan fingerprint density at radius 1 is 1.00 bits per heavy atom. The van der Waals surface area contributed by atoms with E-state index in [4.69, 9.17) is 11.6 Å². The van der Waals surface area contributed by atoms with Gasteiger partial charge >= 0.3 is 0 Å². The molecule has 0 aliphatic rings. The van der Waals surface area contributed by atoms with Gasteiger partial charge in [-0.05, 0) is 17.2 Å². The summed E-state index contributed by atoms with van der Waals surface area (Å²) in [6, 6.07) is 17.6. The second-order valence-electron chi connectivity index (χ2n) is 4.29. The van der Waals surface area contributed by atoms with Crippen molar-refractivity contribution in [2.75, 3.05) is 5.75 Å². The molecule has 0 heterocycles. The number of benzene rings is 2. The molecule has 0 atom stereocenters. The summed E-state index contributed by atoms with van der Waals surface area (Å²) < 4.78 is 0. The molecule has 0 saturated heterocycles. The van der Waals surface area contributed by atoms with Gasteiger partial charge in [0.15, 0.2) is 0 Å². The van der Waals surface area contributed by atoms with Gasteiger partial charge in [-0.2, -0.15) is 0 Å². The van der Waals surface area contributed by atoms with E-state index in [0.29, 0.717) is 12.2 Å². The molecular weight excluding hydrogens is 276 g/mol. The number of carbonyl (C=O) groups is 1. The minimum absolute atomic E-state index is 0.253. The predicted molar refractivity (Wildman–Crippen MR) is 82.8 cm³/mol. The average Bonchev–Trinajstić information content (AvgIpc) is 2.42. The number of carbonyl (C=O) groups excluding carboxylic acids is 1. The fraction of sp³-hybridized carbons (Fsp3) is 0.188. The van der Waals surface area contributed by atoms with Crippen molar-refractivity contribution in [1.82, 2.24) is 0 Å². The van der Waals surface area contributed by atoms with E-state index >= 15 is 0 Å². The van der Waals surface area contributed by atoms with Crippen LogP contribution >= 0.6 is 23.4 Å². The standard InChI is InChI=1S/C16H15ClOS/c17-16-9-5-4-8-14(16)11-19-12-15(18)10-13-6-2-1-3-7-13/h1-9H,10-12H2. The molecule has 0 radical (unpaired) electrons. The molecule has 3 heteroatoms. The molecule has 0 spiro atoms. The number of hydrogen-bond acceptors (Lipinski definition) is 2. The van der Waals surface area contributed by atoms with E-state index in [1.807, 2.05) is 54.6 Å². The Kier molecular flexibility index (Phi) is 5.49. The zero-order valence-electron chi connectivity index (χ0n) is 10.5. The smallest absolute Gasteiger partial charge is 0.147 e. The number of thioether (sulfide) groups is 1. The van der Waals surface area contributed by atoms with Crippen LogP contribution in [-0.4, -0.2) is 11.5 Å². The molecule has 98 valence electrons. The third-order valence-electron chi connectivity index (χ3n) is 2.72. The van der Waals surface area contributed by atoms with Gasteiger partial charge in [0, 0.05) is 17.2 Å². The summed E-state index contributed by atoms with van der Waals surface area (Å²) in [7, 11) is 0. The highest BCUT2D eigenvalue weighted by atomic mass is 35.5. The molecule has 0 fully saturated rings. The molecule has 2 aromatic rings. The lowest BCUT2D eigenvalue weighted by Crippen LogP contribution is -2.05. The fourth-order valence-corrected chi connectivity index (χ4v) is 2.95. The lowest BCUT2D eigenvalue weighted by molar-refractivity contribution is -0.116. The number of ketones is 1. The summed E-state index contributed by atoms with van der Waals surface area (Å²) in [4.78, 5) is 11.8. The summed E-state index contributed by atoms with van der Waals surface area (Å²) in [6.45, 7) is 0. The Labute approximate surface area is 123 Å². The SMILES string of the molecule is O=C(CSCc1ccccc1Cl)Cc1ccccc1. The highest BCUT2D eigenvalue weighted by Crippen LogP contribution is 2.20. The van der Waals surface area contributed by atoms with Crippen LogP contribution in [-0.2, 0) is 17.0 Å². The summed E-state index contributed by atoms with van der Waals surface area (Å²) in [5, 5.41) is 0.769. The lowest BCUT2D eigenvalue weighted by atomic mass is 10.1. The van der Waals surface area contributed by atoms with E-state index in [0.717, 1.165) is 21.9 Å². The van der Waals surface area contributed by atoms with E-state index in [-0.39, 0.29) is 5.78 Å². The first kappa shape index (κ1) is 14.2. The minimum Gasteiger partial charge on any atom is -0.298 e. The van der Waals surface area contributed by atoms with Gasteiger partial charge < -0.3 is 0 Å². The zero-order valence-corrected chi connectivity index (χ0v) is 12.1. The van der Waals surface area contributed by atoms with Crippen molar-refractivity contribution in [3.63, 3.8) is 0 Å². The van der Waals surface area contributed by atoms with Gasteiger partial charge in [0.05, 0.1) is 5.75 Å². The Morgan fingerprint density at radius 3 is 2.42 bits per heavy atom. The van der Waals surface area contributed by atoms with Crippen LogP contribution in [0.3, 0.4) is 0 Å². The normalized spacial score (nSPS) is 10.4. The first-order valence-electron chi connectivity index (χ1n) is 6.12. The van der Waals surface area contributed by atoms with Gasteiger partial charge in [-0.3, -0.25) is 4.79 Å². The number of halogens is 1. The summed E-state index contributed by atoms with van der Waals surface area (Å²) >= 11 is 7.68. The molecule has 2 rings (SSSR count).